The number of benzene rings is 2. The first-order valence-electron chi connectivity index (χ1n) is 12.5. The second-order valence-corrected chi connectivity index (χ2v) is 11.3. The van der Waals surface area contributed by atoms with Crippen molar-refractivity contribution < 1.29 is 14.3 Å². The third kappa shape index (κ3) is 7.68. The van der Waals surface area contributed by atoms with Gasteiger partial charge in [-0.25, -0.2) is 19.3 Å². The summed E-state index contributed by atoms with van der Waals surface area (Å²) in [6, 6.07) is 22.7. The number of aliphatic hydroxyl groups is 1. The number of carbonyl (C=O) groups excluding carboxylic acids is 1. The van der Waals surface area contributed by atoms with Crippen LogP contribution in [0.5, 0.6) is 0 Å². The van der Waals surface area contributed by atoms with Crippen LogP contribution in [-0.4, -0.2) is 32.5 Å². The Morgan fingerprint density at radius 1 is 1.00 bits per heavy atom. The summed E-state index contributed by atoms with van der Waals surface area (Å²) >= 11 is 2.54. The van der Waals surface area contributed by atoms with E-state index in [0.29, 0.717) is 10.9 Å². The van der Waals surface area contributed by atoms with Gasteiger partial charge in [-0.2, -0.15) is 0 Å². The van der Waals surface area contributed by atoms with Crippen LogP contribution in [0, 0.1) is 12.7 Å². The molecular formula is C30H27ClFN5O2S2. The molecule has 1 unspecified atom stereocenters. The molecule has 3 aromatic heterocycles. The Balaban J connectivity index is 0.00000387. The Morgan fingerprint density at radius 2 is 1.73 bits per heavy atom. The summed E-state index contributed by atoms with van der Waals surface area (Å²) < 4.78 is 16.2. The highest BCUT2D eigenvalue weighted by molar-refractivity contribution is 8.01. The summed E-state index contributed by atoms with van der Waals surface area (Å²) in [6.07, 6.45) is 4.80. The maximum absolute atomic E-state index is 15.5. The minimum Gasteiger partial charge on any atom is -0.392 e. The number of carbonyl (C=O) groups is 1. The number of rotatable bonds is 10. The topological polar surface area (TPSA) is 100 Å². The molecule has 0 saturated carbocycles. The van der Waals surface area contributed by atoms with Gasteiger partial charge in [0, 0.05) is 24.9 Å². The van der Waals surface area contributed by atoms with E-state index in [1.54, 1.807) is 18.5 Å². The molecule has 0 saturated heterocycles. The number of aromatic nitrogens is 3. The Bertz CT molecular complexity index is 1600. The molecule has 0 radical (unpaired) electrons. The molecule has 11 heteroatoms. The molecule has 0 aliphatic rings. The zero-order valence-electron chi connectivity index (χ0n) is 22.0. The van der Waals surface area contributed by atoms with Crippen molar-refractivity contribution in [2.75, 3.05) is 11.9 Å². The van der Waals surface area contributed by atoms with Crippen LogP contribution in [-0.2, 0) is 6.61 Å². The number of halogens is 2. The lowest BCUT2D eigenvalue weighted by atomic mass is 9.90. The summed E-state index contributed by atoms with van der Waals surface area (Å²) in [7, 11) is 0. The van der Waals surface area contributed by atoms with E-state index < -0.39 is 11.7 Å². The molecule has 210 valence electrons. The van der Waals surface area contributed by atoms with Gasteiger partial charge in [0.2, 0.25) is 0 Å². The fourth-order valence-electron chi connectivity index (χ4n) is 4.10. The van der Waals surface area contributed by atoms with E-state index >= 15 is 4.39 Å². The lowest BCUT2D eigenvalue weighted by Gasteiger charge is -2.19. The zero-order valence-corrected chi connectivity index (χ0v) is 24.4. The number of hydrogen-bond donors (Lipinski definition) is 3. The molecule has 41 heavy (non-hydrogen) atoms. The molecule has 2 aromatic carbocycles. The fraction of sp³-hybridized carbons (Fsp3) is 0.133. The summed E-state index contributed by atoms with van der Waals surface area (Å²) in [5.41, 5.74) is 3.59. The van der Waals surface area contributed by atoms with Gasteiger partial charge < -0.3 is 15.7 Å². The monoisotopic (exact) mass is 607 g/mol. The number of anilines is 2. The second kappa shape index (κ2) is 14.2. The van der Waals surface area contributed by atoms with Crippen LogP contribution in [0.2, 0.25) is 0 Å². The maximum Gasteiger partial charge on any atom is 0.273 e. The minimum absolute atomic E-state index is 0. The number of nitrogens with zero attached hydrogens (tertiary/aromatic N) is 3. The van der Waals surface area contributed by atoms with Crippen LogP contribution in [0.1, 0.15) is 38.7 Å². The van der Waals surface area contributed by atoms with Crippen molar-refractivity contribution in [2.45, 2.75) is 28.6 Å². The van der Waals surface area contributed by atoms with E-state index in [9.17, 15) is 9.90 Å². The van der Waals surface area contributed by atoms with Gasteiger partial charge in [0.15, 0.2) is 16.6 Å². The van der Waals surface area contributed by atoms with Gasteiger partial charge in [-0.05, 0) is 47.4 Å². The Labute approximate surface area is 251 Å². The molecule has 0 spiro atoms. The SMILES string of the molecule is Cc1ccnc(Nc2ncc(Sc3ccnc(C(=O)NCC(c4ccccc4)c4ccc(CO)cc4)c3F)s2)c1.Cl. The molecule has 5 rings (SSSR count). The highest BCUT2D eigenvalue weighted by Gasteiger charge is 2.21. The van der Waals surface area contributed by atoms with Crippen LogP contribution in [0.25, 0.3) is 0 Å². The van der Waals surface area contributed by atoms with Gasteiger partial charge in [-0.3, -0.25) is 4.79 Å². The summed E-state index contributed by atoms with van der Waals surface area (Å²) in [4.78, 5) is 26.0. The predicted octanol–water partition coefficient (Wildman–Crippen LogP) is 6.75. The quantitative estimate of drug-likeness (QED) is 0.161. The van der Waals surface area contributed by atoms with Crippen molar-refractivity contribution in [3.8, 4) is 0 Å². The highest BCUT2D eigenvalue weighted by Crippen LogP contribution is 2.36. The van der Waals surface area contributed by atoms with Crippen molar-refractivity contribution in [1.82, 2.24) is 20.3 Å². The molecule has 3 heterocycles. The number of pyridine rings is 2. The molecule has 5 aromatic rings. The molecule has 0 bridgehead atoms. The molecule has 3 N–H and O–H groups in total. The van der Waals surface area contributed by atoms with Crippen molar-refractivity contribution >= 4 is 52.4 Å². The molecule has 0 aliphatic carbocycles. The summed E-state index contributed by atoms with van der Waals surface area (Å²) in [5.74, 6) is -0.760. The lowest BCUT2D eigenvalue weighted by Crippen LogP contribution is -2.30. The molecule has 1 amide bonds. The standard InChI is InChI=1S/C30H26FN5O2S2.ClH/c1-19-11-13-32-25(15-19)36-30-35-17-26(40-30)39-24-12-14-33-28(27(24)31)29(38)34-16-23(21-5-3-2-4-6-21)22-9-7-20(18-37)8-10-22;/h2-15,17,23,37H,16,18H2,1H3,(H,34,38)(H,32,35,36);1H. The average Bonchev–Trinajstić information content (AvgIpc) is 3.41. The minimum atomic E-state index is -0.684. The van der Waals surface area contributed by atoms with Crippen LogP contribution in [0.4, 0.5) is 15.3 Å². The first-order chi connectivity index (χ1) is 19.5. The number of thiazole rings is 1. The van der Waals surface area contributed by atoms with Crippen molar-refractivity contribution in [1.29, 1.82) is 0 Å². The van der Waals surface area contributed by atoms with Crippen LogP contribution in [0.3, 0.4) is 0 Å². The number of nitrogens with one attached hydrogen (secondary N) is 2. The third-order valence-electron chi connectivity index (χ3n) is 6.15. The van der Waals surface area contributed by atoms with Gasteiger partial charge in [0.1, 0.15) is 5.82 Å². The Hall–Kier alpha value is -3.83. The van der Waals surface area contributed by atoms with Crippen LogP contribution < -0.4 is 10.6 Å². The molecule has 7 nitrogen and oxygen atoms in total. The number of aryl methyl sites for hydroxylation is 1. The van der Waals surface area contributed by atoms with E-state index in [1.165, 1.54) is 29.3 Å². The Kier molecular flexibility index (Phi) is 10.4. The molecule has 0 aliphatic heterocycles. The van der Waals surface area contributed by atoms with E-state index in [0.717, 1.165) is 26.5 Å². The van der Waals surface area contributed by atoms with Crippen LogP contribution >= 0.6 is 35.5 Å². The molecule has 0 fully saturated rings. The summed E-state index contributed by atoms with van der Waals surface area (Å²) in [5, 5.41) is 16.0. The van der Waals surface area contributed by atoms with Gasteiger partial charge in [-0.15, -0.1) is 12.4 Å². The smallest absolute Gasteiger partial charge is 0.273 e. The number of aliphatic hydroxyl groups excluding tert-OH is 1. The van der Waals surface area contributed by atoms with Gasteiger partial charge in [0.25, 0.3) is 5.91 Å². The van der Waals surface area contributed by atoms with E-state index in [4.69, 9.17) is 0 Å². The van der Waals surface area contributed by atoms with E-state index in [1.807, 2.05) is 73.7 Å². The maximum atomic E-state index is 15.5. The van der Waals surface area contributed by atoms with E-state index in [-0.39, 0.29) is 42.1 Å². The van der Waals surface area contributed by atoms with Gasteiger partial charge in [0.05, 0.1) is 21.9 Å². The van der Waals surface area contributed by atoms with Crippen molar-refractivity contribution in [3.05, 3.63) is 125 Å². The largest absolute Gasteiger partial charge is 0.392 e. The molecule has 1 atom stereocenters. The van der Waals surface area contributed by atoms with Crippen molar-refractivity contribution in [2.24, 2.45) is 0 Å². The Morgan fingerprint density at radius 3 is 2.46 bits per heavy atom. The zero-order chi connectivity index (χ0) is 27.9. The van der Waals surface area contributed by atoms with Crippen molar-refractivity contribution in [3.63, 3.8) is 0 Å². The normalized spacial score (nSPS) is 11.4. The third-order valence-corrected chi connectivity index (χ3v) is 8.20. The number of amides is 1. The fourth-order valence-corrected chi connectivity index (χ4v) is 5.96. The average molecular weight is 608 g/mol. The first kappa shape index (κ1) is 30.1. The van der Waals surface area contributed by atoms with Gasteiger partial charge in [-0.1, -0.05) is 77.7 Å². The first-order valence-corrected chi connectivity index (χ1v) is 14.1. The van der Waals surface area contributed by atoms with Crippen LogP contribution in [0.15, 0.2) is 100 Å². The second-order valence-electron chi connectivity index (χ2n) is 8.97. The number of hydrogen-bond acceptors (Lipinski definition) is 8. The summed E-state index contributed by atoms with van der Waals surface area (Å²) in [6.45, 7) is 2.18. The molecular weight excluding hydrogens is 581 g/mol. The lowest BCUT2D eigenvalue weighted by molar-refractivity contribution is 0.0942. The van der Waals surface area contributed by atoms with Gasteiger partial charge >= 0.3 is 0 Å². The highest BCUT2D eigenvalue weighted by atomic mass is 35.5. The predicted molar refractivity (Wildman–Crippen MR) is 163 cm³/mol. The van der Waals surface area contributed by atoms with E-state index in [2.05, 4.69) is 25.6 Å².